The van der Waals surface area contributed by atoms with Crippen LogP contribution >= 0.6 is 11.8 Å². The molecule has 0 saturated carbocycles. The summed E-state index contributed by atoms with van der Waals surface area (Å²) in [6, 6.07) is 14.8. The largest absolute Gasteiger partial charge is 1.00 e. The molecular formula is C22H18ClN13O3S. The number of hydrogen-bond acceptors (Lipinski definition) is 13. The van der Waals surface area contributed by atoms with Gasteiger partial charge in [-0.1, -0.05) is 36.0 Å². The third-order valence-corrected chi connectivity index (χ3v) is 6.40. The number of thioether (sulfide) groups is 1. The number of hydrogen-bond donors (Lipinski definition) is 3. The zero-order chi connectivity index (χ0) is 26.8. The average molecular weight is 580 g/mol. The number of benzene rings is 2. The number of nitrogens with two attached hydrogens (primary N) is 1. The number of anilines is 1. The lowest BCUT2D eigenvalue weighted by molar-refractivity contribution is -0.669. The summed E-state index contributed by atoms with van der Waals surface area (Å²) in [4.78, 5) is 17.6. The third kappa shape index (κ3) is 5.22. The summed E-state index contributed by atoms with van der Waals surface area (Å²) in [6.07, 6.45) is 1.50. The number of aromatic amines is 1. The normalized spacial score (nSPS) is 11.5. The first-order chi connectivity index (χ1) is 19.1. The third-order valence-electron chi connectivity index (χ3n) is 5.56. The fraction of sp³-hybridized carbons (Fsp3) is 0.0909. The van der Waals surface area contributed by atoms with E-state index in [2.05, 4.69) is 51.7 Å². The number of nitrogens with zero attached hydrogens (tertiary/aromatic N) is 10. The fourth-order valence-electron chi connectivity index (χ4n) is 3.60. The number of amides is 1. The van der Waals surface area contributed by atoms with Gasteiger partial charge in [-0.3, -0.25) is 4.79 Å². The van der Waals surface area contributed by atoms with Crippen molar-refractivity contribution in [3.8, 4) is 11.5 Å². The second-order valence-corrected chi connectivity index (χ2v) is 8.92. The number of aromatic nitrogens is 10. The maximum atomic E-state index is 13.2. The van der Waals surface area contributed by atoms with E-state index in [1.165, 1.54) is 27.5 Å². The van der Waals surface area contributed by atoms with Crippen LogP contribution in [0, 0.1) is 0 Å². The summed E-state index contributed by atoms with van der Waals surface area (Å²) < 4.78 is 13.4. The number of para-hydroxylation sites is 2. The highest BCUT2D eigenvalue weighted by atomic mass is 35.5. The second kappa shape index (κ2) is 11.3. The molecule has 6 aromatic rings. The Labute approximate surface area is 234 Å². The highest BCUT2D eigenvalue weighted by Crippen LogP contribution is 2.26. The van der Waals surface area contributed by atoms with Crippen molar-refractivity contribution in [2.75, 3.05) is 5.73 Å². The number of tetrazole rings is 1. The summed E-state index contributed by atoms with van der Waals surface area (Å²) in [5.41, 5.74) is 12.4. The molecule has 0 fully saturated rings. The highest BCUT2D eigenvalue weighted by Gasteiger charge is 2.31. The van der Waals surface area contributed by atoms with Gasteiger partial charge in [0.2, 0.25) is 0 Å². The van der Waals surface area contributed by atoms with E-state index in [4.69, 9.17) is 14.8 Å². The number of nitrogen functional groups attached to an aromatic ring is 1. The quantitative estimate of drug-likeness (QED) is 0.0791. The molecule has 0 unspecified atom stereocenters. The van der Waals surface area contributed by atoms with E-state index in [0.717, 1.165) is 16.8 Å². The molecule has 0 aliphatic rings. The van der Waals surface area contributed by atoms with Gasteiger partial charge in [0.05, 0.1) is 17.2 Å². The molecular weight excluding hydrogens is 562 g/mol. The van der Waals surface area contributed by atoms with Gasteiger partial charge in [0.1, 0.15) is 17.0 Å². The smallest absolute Gasteiger partial charge is 0.377 e. The molecule has 0 aliphatic carbocycles. The van der Waals surface area contributed by atoms with Crippen LogP contribution in [0.2, 0.25) is 0 Å². The first kappa shape index (κ1) is 26.4. The summed E-state index contributed by atoms with van der Waals surface area (Å²) in [5, 5.41) is 30.1. The minimum Gasteiger partial charge on any atom is -1.00 e. The molecule has 0 saturated heterocycles. The Morgan fingerprint density at radius 2 is 2.02 bits per heavy atom. The van der Waals surface area contributed by atoms with Crippen molar-refractivity contribution < 1.29 is 30.9 Å². The summed E-state index contributed by atoms with van der Waals surface area (Å²) in [6.45, 7) is 1.77. The number of carbonyl (C=O) groups excluding carboxylic acids is 1. The first-order valence-electron chi connectivity index (χ1n) is 11.3. The minimum absolute atomic E-state index is 0. The van der Waals surface area contributed by atoms with Crippen LogP contribution in [-0.2, 0) is 5.75 Å². The van der Waals surface area contributed by atoms with Gasteiger partial charge in [0.25, 0.3) is 16.7 Å². The Bertz CT molecular complexity index is 1760. The van der Waals surface area contributed by atoms with Gasteiger partial charge < -0.3 is 22.6 Å². The molecule has 2 aromatic carbocycles. The number of rotatable bonds is 8. The number of fused-ring (bicyclic) bond motifs is 1. The van der Waals surface area contributed by atoms with Gasteiger partial charge >= 0.3 is 11.7 Å². The van der Waals surface area contributed by atoms with Crippen LogP contribution in [0.5, 0.6) is 0 Å². The predicted octanol–water partition coefficient (Wildman–Crippen LogP) is -1.78. The molecule has 4 aromatic heterocycles. The molecule has 0 radical (unpaired) electrons. The van der Waals surface area contributed by atoms with E-state index in [-0.39, 0.29) is 35.5 Å². The number of halogens is 1. The SMILES string of the molecule is C/C(=N\NC(=O)c1n[nH][n+](-c2nonc2N)c1CSc1nc2ccccc2o1)c1ccc(-n2cnnn2)cc1.[Cl-]. The molecule has 4 N–H and O–H groups in total. The van der Waals surface area contributed by atoms with Gasteiger partial charge in [0.15, 0.2) is 11.3 Å². The second-order valence-electron chi connectivity index (χ2n) is 7.99. The van der Waals surface area contributed by atoms with Crippen molar-refractivity contribution in [1.29, 1.82) is 0 Å². The van der Waals surface area contributed by atoms with Crippen molar-refractivity contribution in [3.63, 3.8) is 0 Å². The van der Waals surface area contributed by atoms with Crippen molar-refractivity contribution in [2.24, 2.45) is 5.10 Å². The predicted molar refractivity (Wildman–Crippen MR) is 135 cm³/mol. The number of hydrazone groups is 1. The van der Waals surface area contributed by atoms with Gasteiger partial charge in [-0.25, -0.2) is 15.1 Å². The van der Waals surface area contributed by atoms with Crippen LogP contribution in [0.1, 0.15) is 28.7 Å². The van der Waals surface area contributed by atoms with Crippen LogP contribution in [0.25, 0.3) is 22.6 Å². The van der Waals surface area contributed by atoms with E-state index >= 15 is 0 Å². The van der Waals surface area contributed by atoms with Crippen molar-refractivity contribution in [3.05, 3.63) is 71.8 Å². The van der Waals surface area contributed by atoms with Gasteiger partial charge in [-0.05, 0) is 57.4 Å². The van der Waals surface area contributed by atoms with Crippen molar-refractivity contribution in [1.82, 2.24) is 51.2 Å². The lowest BCUT2D eigenvalue weighted by Crippen LogP contribution is -3.00. The molecule has 202 valence electrons. The topological polar surface area (TPSA) is 209 Å². The molecule has 0 bridgehead atoms. The minimum atomic E-state index is -0.558. The van der Waals surface area contributed by atoms with E-state index in [0.29, 0.717) is 22.2 Å². The Morgan fingerprint density at radius 1 is 1.20 bits per heavy atom. The molecule has 1 amide bonds. The summed E-state index contributed by atoms with van der Waals surface area (Å²) in [7, 11) is 0. The summed E-state index contributed by atoms with van der Waals surface area (Å²) >= 11 is 1.26. The zero-order valence-electron chi connectivity index (χ0n) is 20.5. The Balaban J connectivity index is 0.00000323. The molecule has 0 aliphatic heterocycles. The number of oxazole rings is 1. The average Bonchev–Trinajstić information content (AvgIpc) is 3.76. The Morgan fingerprint density at radius 3 is 2.75 bits per heavy atom. The maximum absolute atomic E-state index is 13.2. The fourth-order valence-corrected chi connectivity index (χ4v) is 4.43. The lowest BCUT2D eigenvalue weighted by Gasteiger charge is -2.04. The molecule has 4 heterocycles. The van der Waals surface area contributed by atoms with E-state index in [1.54, 1.807) is 6.92 Å². The number of nitrogens with one attached hydrogen (secondary N) is 2. The highest BCUT2D eigenvalue weighted by molar-refractivity contribution is 7.98. The maximum Gasteiger partial charge on any atom is 0.377 e. The van der Waals surface area contributed by atoms with Gasteiger partial charge in [0, 0.05) is 0 Å². The number of carbonyl (C=O) groups is 1. The monoisotopic (exact) mass is 579 g/mol. The van der Waals surface area contributed by atoms with Crippen LogP contribution in [0.4, 0.5) is 5.82 Å². The van der Waals surface area contributed by atoms with Crippen molar-refractivity contribution >= 4 is 40.3 Å². The van der Waals surface area contributed by atoms with Crippen molar-refractivity contribution in [2.45, 2.75) is 17.9 Å². The zero-order valence-corrected chi connectivity index (χ0v) is 22.0. The van der Waals surface area contributed by atoms with Gasteiger partial charge in [-0.15, -0.1) is 15.0 Å². The molecule has 16 nitrogen and oxygen atoms in total. The first-order valence-corrected chi connectivity index (χ1v) is 12.3. The molecule has 40 heavy (non-hydrogen) atoms. The summed E-state index contributed by atoms with van der Waals surface area (Å²) in [5.74, 6) is -0.169. The standard InChI is InChI=1S/C22H17N13O3S.ClH/c1-12(13-6-8-14(9-7-13)34-11-24-31-33-34)26-28-21(36)18-16(35(32-27-18)20-19(23)29-38-30-20)10-39-22-25-15-4-2-3-5-17(15)37-22;/h2-9,11H,10H2,1H3,(H3,23,28,29,36);1H/b26-12+;. The lowest BCUT2D eigenvalue weighted by atomic mass is 10.1. The van der Waals surface area contributed by atoms with Crippen LogP contribution in [0.3, 0.4) is 0 Å². The van der Waals surface area contributed by atoms with Crippen LogP contribution in [-0.4, -0.2) is 57.4 Å². The molecule has 6 rings (SSSR count). The van der Waals surface area contributed by atoms with E-state index in [9.17, 15) is 4.79 Å². The molecule has 0 spiro atoms. The molecule has 0 atom stereocenters. The Kier molecular flexibility index (Phi) is 7.47. The Hall–Kier alpha value is -5.16. The van der Waals surface area contributed by atoms with E-state index < -0.39 is 5.91 Å². The van der Waals surface area contributed by atoms with Crippen LogP contribution < -0.4 is 28.2 Å². The van der Waals surface area contributed by atoms with Crippen LogP contribution in [0.15, 0.2) is 74.2 Å². The van der Waals surface area contributed by atoms with E-state index in [1.807, 2.05) is 48.5 Å². The van der Waals surface area contributed by atoms with Gasteiger partial charge in [-0.2, -0.15) is 9.73 Å². The molecule has 18 heteroatoms. The number of H-pyrrole nitrogens is 1.